The molecule has 0 bridgehead atoms. The van der Waals surface area contributed by atoms with Crippen molar-refractivity contribution in [2.24, 2.45) is 5.92 Å². The number of rotatable bonds is 10. The number of pyridine rings is 1. The van der Waals surface area contributed by atoms with Gasteiger partial charge in [0.15, 0.2) is 11.5 Å². The Hall–Kier alpha value is -4.97. The number of H-pyrrole nitrogens is 1. The van der Waals surface area contributed by atoms with Crippen LogP contribution in [0.1, 0.15) is 60.6 Å². The molecule has 52 heavy (non-hydrogen) atoms. The van der Waals surface area contributed by atoms with E-state index in [1.165, 1.54) is 29.3 Å². The van der Waals surface area contributed by atoms with E-state index < -0.39 is 47.3 Å². The van der Waals surface area contributed by atoms with Crippen molar-refractivity contribution in [3.8, 4) is 22.6 Å². The number of carbonyl (C=O) groups is 3. The summed E-state index contributed by atoms with van der Waals surface area (Å²) in [5.74, 6) is -9.07. The predicted molar refractivity (Wildman–Crippen MR) is 175 cm³/mol. The topological polar surface area (TPSA) is 143 Å². The van der Waals surface area contributed by atoms with Crippen LogP contribution in [0.4, 0.5) is 32.2 Å². The van der Waals surface area contributed by atoms with Crippen molar-refractivity contribution < 1.29 is 50.2 Å². The molecule has 1 aromatic carbocycles. The lowest BCUT2D eigenvalue weighted by Gasteiger charge is -2.22. The second-order valence-corrected chi connectivity index (χ2v) is 12.9. The van der Waals surface area contributed by atoms with E-state index in [9.17, 15) is 40.7 Å². The highest BCUT2D eigenvalue weighted by atomic mass is 19.4. The Kier molecular flexibility index (Phi) is 10.6. The van der Waals surface area contributed by atoms with Crippen molar-refractivity contribution in [2.45, 2.75) is 63.5 Å². The number of esters is 2. The number of hydrogen-bond acceptors (Lipinski definition) is 9. The van der Waals surface area contributed by atoms with Gasteiger partial charge in [-0.15, -0.1) is 0 Å². The third-order valence-corrected chi connectivity index (χ3v) is 9.26. The summed E-state index contributed by atoms with van der Waals surface area (Å²) in [6.07, 6.45) is -1.60. The number of hydrogen-bond donors (Lipinski definition) is 3. The van der Waals surface area contributed by atoms with Gasteiger partial charge in [0.05, 0.1) is 17.3 Å². The van der Waals surface area contributed by atoms with E-state index in [1.54, 1.807) is 0 Å². The lowest BCUT2D eigenvalue weighted by atomic mass is 9.93. The number of likely N-dealkylation sites (tertiary alicyclic amines) is 1. The van der Waals surface area contributed by atoms with Crippen LogP contribution in [0, 0.1) is 5.92 Å². The molecule has 6 rings (SSSR count). The second kappa shape index (κ2) is 14.9. The summed E-state index contributed by atoms with van der Waals surface area (Å²) in [4.78, 5) is 47.4. The molecule has 18 heteroatoms. The molecule has 5 heterocycles. The number of nitrogens with zero attached hydrogens (tertiary/aromatic N) is 4. The summed E-state index contributed by atoms with van der Waals surface area (Å²) >= 11 is 0. The third kappa shape index (κ3) is 8.39. The fraction of sp³-hybridized carbons (Fsp3) is 0.441. The normalized spacial score (nSPS) is 17.4. The second-order valence-electron chi connectivity index (χ2n) is 12.9. The van der Waals surface area contributed by atoms with Crippen molar-refractivity contribution in [2.75, 3.05) is 32.0 Å². The predicted octanol–water partition coefficient (Wildman–Crippen LogP) is 6.16. The number of piperidine rings is 1. The molecule has 3 N–H and O–H groups in total. The molecule has 0 unspecified atom stereocenters. The summed E-state index contributed by atoms with van der Waals surface area (Å²) in [7, 11) is 1.99. The maximum atomic E-state index is 13.6. The number of aromatic amines is 1. The fourth-order valence-corrected chi connectivity index (χ4v) is 6.59. The smallest absolute Gasteiger partial charge is 0.415 e. The Labute approximate surface area is 292 Å². The van der Waals surface area contributed by atoms with Crippen molar-refractivity contribution in [1.82, 2.24) is 30.0 Å². The zero-order valence-corrected chi connectivity index (χ0v) is 27.9. The molecule has 0 spiro atoms. The molecule has 0 saturated carbocycles. The van der Waals surface area contributed by atoms with Crippen LogP contribution in [0.5, 0.6) is 11.5 Å². The van der Waals surface area contributed by atoms with Gasteiger partial charge in [-0.05, 0) is 89.3 Å². The van der Waals surface area contributed by atoms with E-state index in [2.05, 4.69) is 40.1 Å². The zero-order valence-electron chi connectivity index (χ0n) is 27.9. The highest BCUT2D eigenvalue weighted by Gasteiger charge is 2.45. The maximum absolute atomic E-state index is 13.6. The molecule has 12 nitrogen and oxygen atoms in total. The molecule has 2 fully saturated rings. The fourth-order valence-electron chi connectivity index (χ4n) is 6.59. The van der Waals surface area contributed by atoms with E-state index >= 15 is 0 Å². The number of fused-ring (bicyclic) bond motifs is 1. The first-order valence-electron chi connectivity index (χ1n) is 16.7. The van der Waals surface area contributed by atoms with Crippen LogP contribution >= 0.6 is 0 Å². The van der Waals surface area contributed by atoms with E-state index in [0.717, 1.165) is 76.0 Å². The SMILES string of the molecule is CN1CCC[C@@H]1c1cc2cnc(NC(=O)c3ccc(-c4cnn(CCCC5CCNCC5)c4)c(OC(=O)C(F)(F)F)c3OC(=O)C(F)(F)F)cc2[nH]1. The number of amides is 1. The number of nitrogens with one attached hydrogen (secondary N) is 3. The number of aromatic nitrogens is 4. The number of carbonyl (C=O) groups excluding carboxylic acids is 3. The van der Waals surface area contributed by atoms with Gasteiger partial charge in [0.2, 0.25) is 0 Å². The highest BCUT2D eigenvalue weighted by molar-refractivity contribution is 6.08. The van der Waals surface area contributed by atoms with Crippen LogP contribution in [-0.4, -0.2) is 81.5 Å². The Morgan fingerprint density at radius 2 is 1.67 bits per heavy atom. The van der Waals surface area contributed by atoms with Gasteiger partial charge >= 0.3 is 24.3 Å². The maximum Gasteiger partial charge on any atom is 0.491 e. The lowest BCUT2D eigenvalue weighted by molar-refractivity contribution is -0.191. The molecule has 2 aliphatic heterocycles. The standard InChI is InChI=1S/C34H35F6N7O5/c1-46-12-3-5-26(46)25-14-20-16-42-27(15-24(20)44-25)45-30(48)23-7-6-22(21-17-43-47(18-21)13-2-4-19-8-10-41-11-9-19)28(51-31(49)33(35,36)37)29(23)52-32(50)34(38,39)40/h6-7,14-19,26,41,44H,2-5,8-13H2,1H3,(H,42,45,48)/t26-/m1/s1. The summed E-state index contributed by atoms with van der Waals surface area (Å²) in [6, 6.07) is 5.50. The van der Waals surface area contributed by atoms with Crippen molar-refractivity contribution >= 4 is 34.6 Å². The zero-order chi connectivity index (χ0) is 37.2. The van der Waals surface area contributed by atoms with Gasteiger partial charge in [-0.1, -0.05) is 0 Å². The summed E-state index contributed by atoms with van der Waals surface area (Å²) in [6.45, 7) is 3.17. The van der Waals surface area contributed by atoms with Crippen LogP contribution in [0.25, 0.3) is 22.0 Å². The first kappa shape index (κ1) is 36.8. The molecule has 4 aromatic rings. The van der Waals surface area contributed by atoms with Gasteiger partial charge in [-0.3, -0.25) is 14.4 Å². The molecule has 278 valence electrons. The summed E-state index contributed by atoms with van der Waals surface area (Å²) in [5, 5.41) is 10.6. The number of ether oxygens (including phenoxy) is 2. The first-order valence-corrected chi connectivity index (χ1v) is 16.7. The van der Waals surface area contributed by atoms with Gasteiger partial charge in [0.25, 0.3) is 5.91 Å². The molecular formula is C34H35F6N7O5. The van der Waals surface area contributed by atoms with E-state index in [0.29, 0.717) is 23.4 Å². The summed E-state index contributed by atoms with van der Waals surface area (Å²) in [5.41, 5.74) is 0.276. The minimum Gasteiger partial charge on any atom is -0.415 e. The van der Waals surface area contributed by atoms with Crippen LogP contribution in [0.15, 0.2) is 42.9 Å². The average molecular weight is 736 g/mol. The monoisotopic (exact) mass is 735 g/mol. The van der Waals surface area contributed by atoms with Gasteiger partial charge < -0.3 is 25.1 Å². The molecular weight excluding hydrogens is 700 g/mol. The van der Waals surface area contributed by atoms with Crippen LogP contribution in [0.2, 0.25) is 0 Å². The Bertz CT molecular complexity index is 1950. The number of aryl methyl sites for hydroxylation is 1. The Balaban J connectivity index is 1.33. The largest absolute Gasteiger partial charge is 0.491 e. The third-order valence-electron chi connectivity index (χ3n) is 9.26. The van der Waals surface area contributed by atoms with E-state index in [-0.39, 0.29) is 23.0 Å². The van der Waals surface area contributed by atoms with Crippen LogP contribution in [0.3, 0.4) is 0 Å². The minimum absolute atomic E-state index is 0.0191. The molecule has 3 aromatic heterocycles. The summed E-state index contributed by atoms with van der Waals surface area (Å²) < 4.78 is 91.4. The van der Waals surface area contributed by atoms with Crippen LogP contribution in [-0.2, 0) is 16.1 Å². The molecule has 1 atom stereocenters. The number of benzene rings is 1. The lowest BCUT2D eigenvalue weighted by Crippen LogP contribution is -2.31. The molecule has 2 aliphatic rings. The molecule has 0 aliphatic carbocycles. The first-order chi connectivity index (χ1) is 24.7. The van der Waals surface area contributed by atoms with E-state index in [4.69, 9.17) is 0 Å². The number of anilines is 1. The molecule has 0 radical (unpaired) electrons. The van der Waals surface area contributed by atoms with Crippen LogP contribution < -0.4 is 20.1 Å². The highest BCUT2D eigenvalue weighted by Crippen LogP contribution is 2.43. The average Bonchev–Trinajstić information content (AvgIpc) is 3.84. The molecule has 1 amide bonds. The van der Waals surface area contributed by atoms with Gasteiger partial charge in [0, 0.05) is 53.3 Å². The minimum atomic E-state index is -5.64. The van der Waals surface area contributed by atoms with Crippen molar-refractivity contribution in [3.05, 3.63) is 54.1 Å². The van der Waals surface area contributed by atoms with Gasteiger partial charge in [-0.2, -0.15) is 31.4 Å². The van der Waals surface area contributed by atoms with Crippen molar-refractivity contribution in [3.63, 3.8) is 0 Å². The Morgan fingerprint density at radius 1 is 0.962 bits per heavy atom. The van der Waals surface area contributed by atoms with E-state index in [1.807, 2.05) is 13.1 Å². The number of halogens is 6. The van der Waals surface area contributed by atoms with Gasteiger partial charge in [0.1, 0.15) is 5.82 Å². The van der Waals surface area contributed by atoms with Gasteiger partial charge in [-0.25, -0.2) is 14.6 Å². The number of alkyl halides is 6. The quantitative estimate of drug-likeness (QED) is 0.0992. The molecule has 2 saturated heterocycles. The van der Waals surface area contributed by atoms with Crippen molar-refractivity contribution in [1.29, 1.82) is 0 Å². The Morgan fingerprint density at radius 3 is 2.35 bits per heavy atom.